The van der Waals surface area contributed by atoms with Gasteiger partial charge < -0.3 is 5.32 Å². The molecule has 6 heteroatoms. The molecule has 0 aliphatic carbocycles. The second-order valence-electron chi connectivity index (χ2n) is 4.17. The molecule has 0 aliphatic heterocycles. The van der Waals surface area contributed by atoms with Crippen molar-refractivity contribution in [2.75, 3.05) is 7.05 Å². The third-order valence-corrected chi connectivity index (χ3v) is 3.81. The number of aromatic nitrogens is 3. The van der Waals surface area contributed by atoms with E-state index in [0.717, 1.165) is 14.8 Å². The number of hydrogen-bond donors (Lipinski definition) is 1. The fraction of sp³-hybridized carbons (Fsp3) is 0.333. The van der Waals surface area contributed by atoms with Crippen LogP contribution in [-0.2, 0) is 7.05 Å². The summed E-state index contributed by atoms with van der Waals surface area (Å²) in [6.07, 6.45) is 0. The predicted molar refractivity (Wildman–Crippen MR) is 78.5 cm³/mol. The van der Waals surface area contributed by atoms with Gasteiger partial charge in [-0.05, 0) is 53.2 Å². The van der Waals surface area contributed by atoms with E-state index in [1.807, 2.05) is 14.1 Å². The minimum absolute atomic E-state index is 0.0515. The van der Waals surface area contributed by atoms with Crippen molar-refractivity contribution in [3.63, 3.8) is 0 Å². The molecular weight excluding hydrogens is 360 g/mol. The second kappa shape index (κ2) is 5.50. The highest BCUT2D eigenvalue weighted by atomic mass is 79.9. The number of halogens is 2. The van der Waals surface area contributed by atoms with Crippen molar-refractivity contribution >= 4 is 31.9 Å². The lowest BCUT2D eigenvalue weighted by atomic mass is 10.0. The molecule has 1 atom stereocenters. The van der Waals surface area contributed by atoms with Crippen LogP contribution >= 0.6 is 31.9 Å². The highest BCUT2D eigenvalue weighted by Crippen LogP contribution is 2.28. The maximum Gasteiger partial charge on any atom is 0.153 e. The summed E-state index contributed by atoms with van der Waals surface area (Å²) < 4.78 is 3.62. The quantitative estimate of drug-likeness (QED) is 0.899. The first-order valence-electron chi connectivity index (χ1n) is 5.52. The minimum Gasteiger partial charge on any atom is -0.308 e. The van der Waals surface area contributed by atoms with Crippen LogP contribution in [0, 0.1) is 6.92 Å². The monoisotopic (exact) mass is 372 g/mol. The molecule has 0 bridgehead atoms. The van der Waals surface area contributed by atoms with Gasteiger partial charge in [-0.25, -0.2) is 4.68 Å². The zero-order valence-corrected chi connectivity index (χ0v) is 13.6. The number of benzene rings is 1. The lowest BCUT2D eigenvalue weighted by molar-refractivity contribution is 0.596. The Labute approximate surface area is 123 Å². The van der Waals surface area contributed by atoms with Crippen LogP contribution in [-0.4, -0.2) is 22.0 Å². The van der Waals surface area contributed by atoms with Crippen molar-refractivity contribution in [1.29, 1.82) is 0 Å². The minimum atomic E-state index is 0.0515. The molecule has 18 heavy (non-hydrogen) atoms. The molecule has 1 heterocycles. The summed E-state index contributed by atoms with van der Waals surface area (Å²) in [6, 6.07) is 6.40. The molecule has 96 valence electrons. The summed E-state index contributed by atoms with van der Waals surface area (Å²) >= 11 is 6.98. The molecule has 2 aromatic rings. The van der Waals surface area contributed by atoms with E-state index in [1.54, 1.807) is 4.68 Å². The molecule has 0 amide bonds. The molecule has 0 saturated carbocycles. The van der Waals surface area contributed by atoms with Crippen LogP contribution in [0.1, 0.15) is 22.9 Å². The van der Waals surface area contributed by atoms with Crippen LogP contribution < -0.4 is 5.32 Å². The Morgan fingerprint density at radius 2 is 2.00 bits per heavy atom. The van der Waals surface area contributed by atoms with Gasteiger partial charge in [0.1, 0.15) is 0 Å². The van der Waals surface area contributed by atoms with Gasteiger partial charge in [0.2, 0.25) is 0 Å². The Morgan fingerprint density at radius 3 is 2.50 bits per heavy atom. The maximum atomic E-state index is 4.03. The molecule has 0 aliphatic rings. The van der Waals surface area contributed by atoms with Gasteiger partial charge in [0.15, 0.2) is 4.60 Å². The van der Waals surface area contributed by atoms with Crippen LogP contribution in [0.25, 0.3) is 0 Å². The fourth-order valence-electron chi connectivity index (χ4n) is 2.04. The number of hydrogen-bond acceptors (Lipinski definition) is 3. The molecule has 0 spiro atoms. The lowest BCUT2D eigenvalue weighted by Crippen LogP contribution is -2.21. The van der Waals surface area contributed by atoms with Crippen LogP contribution in [0.4, 0.5) is 0 Å². The standard InChI is InChI=1S/C12H14Br2N4/c1-7-4-8(6-9(13)5-7)10(15-2)11-12(14)16-17-18(11)3/h4-6,10,15H,1-3H3. The first-order chi connectivity index (χ1) is 8.52. The Balaban J connectivity index is 2.52. The highest BCUT2D eigenvalue weighted by Gasteiger charge is 2.20. The fourth-order valence-corrected chi connectivity index (χ4v) is 3.22. The van der Waals surface area contributed by atoms with Gasteiger partial charge >= 0.3 is 0 Å². The zero-order valence-electron chi connectivity index (χ0n) is 10.4. The Kier molecular flexibility index (Phi) is 4.19. The summed E-state index contributed by atoms with van der Waals surface area (Å²) in [5, 5.41) is 11.4. The smallest absolute Gasteiger partial charge is 0.153 e. The maximum absolute atomic E-state index is 4.03. The molecule has 4 nitrogen and oxygen atoms in total. The molecule has 0 radical (unpaired) electrons. The first kappa shape index (κ1) is 13.7. The normalized spacial score (nSPS) is 12.7. The van der Waals surface area contributed by atoms with Gasteiger partial charge in [-0.1, -0.05) is 27.2 Å². The summed E-state index contributed by atoms with van der Waals surface area (Å²) in [7, 11) is 3.82. The summed E-state index contributed by atoms with van der Waals surface area (Å²) in [4.78, 5) is 0. The van der Waals surface area contributed by atoms with Gasteiger partial charge in [0.25, 0.3) is 0 Å². The molecule has 1 N–H and O–H groups in total. The summed E-state index contributed by atoms with van der Waals surface area (Å²) in [5.41, 5.74) is 3.40. The van der Waals surface area contributed by atoms with Crippen LogP contribution in [0.3, 0.4) is 0 Å². The van der Waals surface area contributed by atoms with Gasteiger partial charge in [0, 0.05) is 11.5 Å². The molecular formula is C12H14Br2N4. The third kappa shape index (κ3) is 2.65. The van der Waals surface area contributed by atoms with Gasteiger partial charge in [0.05, 0.1) is 11.7 Å². The van der Waals surface area contributed by atoms with Crippen molar-refractivity contribution < 1.29 is 0 Å². The van der Waals surface area contributed by atoms with E-state index in [1.165, 1.54) is 11.1 Å². The van der Waals surface area contributed by atoms with E-state index in [9.17, 15) is 0 Å². The van der Waals surface area contributed by atoms with Gasteiger partial charge in [-0.2, -0.15) is 0 Å². The zero-order chi connectivity index (χ0) is 13.3. The van der Waals surface area contributed by atoms with Gasteiger partial charge in [-0.15, -0.1) is 5.10 Å². The SMILES string of the molecule is CNC(c1cc(C)cc(Br)c1)c1c(Br)nnn1C. The van der Waals surface area contributed by atoms with Crippen LogP contribution in [0.5, 0.6) is 0 Å². The van der Waals surface area contributed by atoms with E-state index in [-0.39, 0.29) is 6.04 Å². The number of nitrogens with zero attached hydrogens (tertiary/aromatic N) is 3. The van der Waals surface area contributed by atoms with Crippen molar-refractivity contribution in [2.24, 2.45) is 7.05 Å². The largest absolute Gasteiger partial charge is 0.308 e. The van der Waals surface area contributed by atoms with Gasteiger partial charge in [-0.3, -0.25) is 0 Å². The van der Waals surface area contributed by atoms with E-state index >= 15 is 0 Å². The Morgan fingerprint density at radius 1 is 1.28 bits per heavy atom. The first-order valence-corrected chi connectivity index (χ1v) is 7.11. The average molecular weight is 374 g/mol. The summed E-state index contributed by atoms with van der Waals surface area (Å²) in [6.45, 7) is 2.08. The molecule has 1 unspecified atom stereocenters. The molecule has 1 aromatic heterocycles. The molecule has 0 saturated heterocycles. The number of rotatable bonds is 3. The summed E-state index contributed by atoms with van der Waals surface area (Å²) in [5.74, 6) is 0. The number of aryl methyl sites for hydroxylation is 2. The second-order valence-corrected chi connectivity index (χ2v) is 5.84. The molecule has 2 rings (SSSR count). The van der Waals surface area contributed by atoms with Crippen molar-refractivity contribution in [3.8, 4) is 0 Å². The average Bonchev–Trinajstić information content (AvgIpc) is 2.61. The van der Waals surface area contributed by atoms with Crippen LogP contribution in [0.15, 0.2) is 27.3 Å². The molecule has 0 fully saturated rings. The highest BCUT2D eigenvalue weighted by molar-refractivity contribution is 9.10. The van der Waals surface area contributed by atoms with E-state index < -0.39 is 0 Å². The molecule has 1 aromatic carbocycles. The Hall–Kier alpha value is -0.720. The lowest BCUT2D eigenvalue weighted by Gasteiger charge is -2.18. The third-order valence-electron chi connectivity index (χ3n) is 2.79. The van der Waals surface area contributed by atoms with Crippen molar-refractivity contribution in [1.82, 2.24) is 20.3 Å². The van der Waals surface area contributed by atoms with E-state index in [0.29, 0.717) is 0 Å². The van der Waals surface area contributed by atoms with Crippen molar-refractivity contribution in [3.05, 3.63) is 44.1 Å². The van der Waals surface area contributed by atoms with Crippen LogP contribution in [0.2, 0.25) is 0 Å². The van der Waals surface area contributed by atoms with Crippen molar-refractivity contribution in [2.45, 2.75) is 13.0 Å². The number of nitrogens with one attached hydrogen (secondary N) is 1. The van der Waals surface area contributed by atoms with E-state index in [4.69, 9.17) is 0 Å². The topological polar surface area (TPSA) is 42.7 Å². The van der Waals surface area contributed by atoms with E-state index in [2.05, 4.69) is 72.6 Å². The predicted octanol–water partition coefficient (Wildman–Crippen LogP) is 2.96. The Bertz CT molecular complexity index is 525.